The van der Waals surface area contributed by atoms with Gasteiger partial charge in [0.05, 0.1) is 0 Å². The Morgan fingerprint density at radius 2 is 1.61 bits per heavy atom. The Labute approximate surface area is 111 Å². The summed E-state index contributed by atoms with van der Waals surface area (Å²) in [5.74, 6) is 0. The fourth-order valence-corrected chi connectivity index (χ4v) is 2.64. The monoisotopic (exact) mass is 247 g/mol. The zero-order valence-corrected chi connectivity index (χ0v) is 11.8. The van der Waals surface area contributed by atoms with Crippen LogP contribution in [0.15, 0.2) is 24.3 Å². The quantitative estimate of drug-likeness (QED) is 0.889. The van der Waals surface area contributed by atoms with Crippen molar-refractivity contribution in [3.8, 4) is 0 Å². The standard InChI is InChI=1S/C15H25N3/c1-12(2)17-8-10-18(11-9-17)15-7-5-4-6-14(15)13(3)16/h4-7,12-13H,8-11,16H2,1-3H3/t13-/m1/s1. The molecule has 0 spiro atoms. The van der Waals surface area contributed by atoms with E-state index >= 15 is 0 Å². The molecule has 1 heterocycles. The summed E-state index contributed by atoms with van der Waals surface area (Å²) in [6.07, 6.45) is 0. The maximum absolute atomic E-state index is 6.06. The van der Waals surface area contributed by atoms with Gasteiger partial charge in [-0.05, 0) is 32.4 Å². The topological polar surface area (TPSA) is 32.5 Å². The van der Waals surface area contributed by atoms with E-state index in [4.69, 9.17) is 5.73 Å². The molecule has 3 heteroatoms. The van der Waals surface area contributed by atoms with Crippen molar-refractivity contribution >= 4 is 5.69 Å². The second-order valence-electron chi connectivity index (χ2n) is 5.46. The third-order valence-electron chi connectivity index (χ3n) is 3.81. The van der Waals surface area contributed by atoms with Crippen LogP contribution in [0.2, 0.25) is 0 Å². The molecule has 100 valence electrons. The number of para-hydroxylation sites is 1. The van der Waals surface area contributed by atoms with Gasteiger partial charge < -0.3 is 10.6 Å². The van der Waals surface area contributed by atoms with E-state index in [-0.39, 0.29) is 6.04 Å². The third-order valence-corrected chi connectivity index (χ3v) is 3.81. The average molecular weight is 247 g/mol. The van der Waals surface area contributed by atoms with Crippen LogP contribution < -0.4 is 10.6 Å². The van der Waals surface area contributed by atoms with Gasteiger partial charge in [-0.2, -0.15) is 0 Å². The minimum atomic E-state index is 0.101. The smallest absolute Gasteiger partial charge is 0.0415 e. The molecule has 18 heavy (non-hydrogen) atoms. The molecule has 1 aliphatic heterocycles. The van der Waals surface area contributed by atoms with Gasteiger partial charge in [0.1, 0.15) is 0 Å². The Morgan fingerprint density at radius 1 is 1.00 bits per heavy atom. The van der Waals surface area contributed by atoms with Crippen LogP contribution in [-0.4, -0.2) is 37.1 Å². The van der Waals surface area contributed by atoms with Crippen LogP contribution in [0.5, 0.6) is 0 Å². The fraction of sp³-hybridized carbons (Fsp3) is 0.600. The highest BCUT2D eigenvalue weighted by molar-refractivity contribution is 5.55. The number of piperazine rings is 1. The molecule has 2 rings (SSSR count). The molecule has 0 aromatic heterocycles. The first-order valence-electron chi connectivity index (χ1n) is 6.93. The van der Waals surface area contributed by atoms with Crippen molar-refractivity contribution < 1.29 is 0 Å². The summed E-state index contributed by atoms with van der Waals surface area (Å²) in [6.45, 7) is 11.1. The van der Waals surface area contributed by atoms with E-state index in [1.165, 1.54) is 11.3 Å². The number of nitrogens with two attached hydrogens (primary N) is 1. The maximum atomic E-state index is 6.06. The summed E-state index contributed by atoms with van der Waals surface area (Å²) in [5.41, 5.74) is 8.64. The van der Waals surface area contributed by atoms with Crippen LogP contribution in [0.3, 0.4) is 0 Å². The van der Waals surface area contributed by atoms with Crippen molar-refractivity contribution in [3.05, 3.63) is 29.8 Å². The van der Waals surface area contributed by atoms with Crippen molar-refractivity contribution in [2.75, 3.05) is 31.1 Å². The van der Waals surface area contributed by atoms with E-state index in [9.17, 15) is 0 Å². The van der Waals surface area contributed by atoms with Gasteiger partial charge in [-0.1, -0.05) is 18.2 Å². The predicted octanol–water partition coefficient (Wildman–Crippen LogP) is 2.24. The summed E-state index contributed by atoms with van der Waals surface area (Å²) >= 11 is 0. The molecule has 1 aromatic rings. The Hall–Kier alpha value is -1.06. The van der Waals surface area contributed by atoms with Gasteiger partial charge in [0.15, 0.2) is 0 Å². The van der Waals surface area contributed by atoms with Gasteiger partial charge in [0, 0.05) is 44.0 Å². The molecule has 0 saturated carbocycles. The lowest BCUT2D eigenvalue weighted by Gasteiger charge is -2.39. The minimum absolute atomic E-state index is 0.101. The van der Waals surface area contributed by atoms with Crippen molar-refractivity contribution in [1.29, 1.82) is 0 Å². The second-order valence-corrected chi connectivity index (χ2v) is 5.46. The average Bonchev–Trinajstić information content (AvgIpc) is 2.39. The van der Waals surface area contributed by atoms with Gasteiger partial charge in [0.25, 0.3) is 0 Å². The number of nitrogens with zero attached hydrogens (tertiary/aromatic N) is 2. The highest BCUT2D eigenvalue weighted by Crippen LogP contribution is 2.26. The summed E-state index contributed by atoms with van der Waals surface area (Å²) in [4.78, 5) is 5.00. The molecule has 1 fully saturated rings. The molecule has 0 amide bonds. The second kappa shape index (κ2) is 5.72. The maximum Gasteiger partial charge on any atom is 0.0415 e. The highest BCUT2D eigenvalue weighted by Gasteiger charge is 2.20. The molecule has 0 aliphatic carbocycles. The van der Waals surface area contributed by atoms with Crippen LogP contribution >= 0.6 is 0 Å². The minimum Gasteiger partial charge on any atom is -0.369 e. The van der Waals surface area contributed by atoms with E-state index in [0.717, 1.165) is 26.2 Å². The molecule has 2 N–H and O–H groups in total. The van der Waals surface area contributed by atoms with Crippen LogP contribution in [0.1, 0.15) is 32.4 Å². The highest BCUT2D eigenvalue weighted by atomic mass is 15.3. The Kier molecular flexibility index (Phi) is 4.25. The molecular weight excluding hydrogens is 222 g/mol. The Bertz CT molecular complexity index is 379. The zero-order valence-electron chi connectivity index (χ0n) is 11.8. The van der Waals surface area contributed by atoms with E-state index in [1.54, 1.807) is 0 Å². The Balaban J connectivity index is 2.10. The first kappa shape index (κ1) is 13.4. The van der Waals surface area contributed by atoms with E-state index in [1.807, 2.05) is 0 Å². The Morgan fingerprint density at radius 3 is 2.17 bits per heavy atom. The van der Waals surface area contributed by atoms with Gasteiger partial charge in [0.2, 0.25) is 0 Å². The lowest BCUT2D eigenvalue weighted by molar-refractivity contribution is 0.209. The summed E-state index contributed by atoms with van der Waals surface area (Å²) in [6, 6.07) is 9.28. The third kappa shape index (κ3) is 2.85. The molecular formula is C15H25N3. The van der Waals surface area contributed by atoms with E-state index in [0.29, 0.717) is 6.04 Å². The van der Waals surface area contributed by atoms with Crippen LogP contribution in [0, 0.1) is 0 Å². The fourth-order valence-electron chi connectivity index (χ4n) is 2.64. The first-order valence-corrected chi connectivity index (χ1v) is 6.93. The summed E-state index contributed by atoms with van der Waals surface area (Å²) < 4.78 is 0. The van der Waals surface area contributed by atoms with Gasteiger partial charge in [-0.15, -0.1) is 0 Å². The SMILES string of the molecule is CC(C)N1CCN(c2ccccc2[C@@H](C)N)CC1. The molecule has 1 atom stereocenters. The molecule has 0 unspecified atom stereocenters. The normalized spacial score (nSPS) is 19.3. The van der Waals surface area contributed by atoms with Crippen LogP contribution in [0.25, 0.3) is 0 Å². The number of anilines is 1. The van der Waals surface area contributed by atoms with Crippen LogP contribution in [0.4, 0.5) is 5.69 Å². The molecule has 0 radical (unpaired) electrons. The van der Waals surface area contributed by atoms with E-state index in [2.05, 4.69) is 54.8 Å². The van der Waals surface area contributed by atoms with Crippen LogP contribution in [-0.2, 0) is 0 Å². The summed E-state index contributed by atoms with van der Waals surface area (Å²) in [7, 11) is 0. The van der Waals surface area contributed by atoms with Crippen molar-refractivity contribution in [2.24, 2.45) is 5.73 Å². The van der Waals surface area contributed by atoms with Crippen molar-refractivity contribution in [1.82, 2.24) is 4.90 Å². The first-order chi connectivity index (χ1) is 8.59. The van der Waals surface area contributed by atoms with E-state index < -0.39 is 0 Å². The lowest BCUT2D eigenvalue weighted by Crippen LogP contribution is -2.49. The number of hydrogen-bond donors (Lipinski definition) is 1. The van der Waals surface area contributed by atoms with Crippen molar-refractivity contribution in [2.45, 2.75) is 32.9 Å². The van der Waals surface area contributed by atoms with Gasteiger partial charge in [-0.3, -0.25) is 4.90 Å². The van der Waals surface area contributed by atoms with Crippen molar-refractivity contribution in [3.63, 3.8) is 0 Å². The zero-order chi connectivity index (χ0) is 13.1. The molecule has 1 aliphatic rings. The number of hydrogen-bond acceptors (Lipinski definition) is 3. The molecule has 3 nitrogen and oxygen atoms in total. The number of benzene rings is 1. The number of rotatable bonds is 3. The predicted molar refractivity (Wildman–Crippen MR) is 78.0 cm³/mol. The molecule has 1 aromatic carbocycles. The largest absolute Gasteiger partial charge is 0.369 e. The lowest BCUT2D eigenvalue weighted by atomic mass is 10.1. The van der Waals surface area contributed by atoms with Gasteiger partial charge in [-0.25, -0.2) is 0 Å². The van der Waals surface area contributed by atoms with Gasteiger partial charge >= 0.3 is 0 Å². The molecule has 0 bridgehead atoms. The molecule has 1 saturated heterocycles. The summed E-state index contributed by atoms with van der Waals surface area (Å²) in [5, 5.41) is 0.